The van der Waals surface area contributed by atoms with Gasteiger partial charge in [0.05, 0.1) is 11.0 Å². The summed E-state index contributed by atoms with van der Waals surface area (Å²) in [6.45, 7) is 1.94. The fourth-order valence-corrected chi connectivity index (χ4v) is 1.65. The van der Waals surface area contributed by atoms with E-state index in [0.29, 0.717) is 5.56 Å². The van der Waals surface area contributed by atoms with Crippen LogP contribution in [0, 0.1) is 6.92 Å². The van der Waals surface area contributed by atoms with Gasteiger partial charge in [-0.1, -0.05) is 0 Å². The van der Waals surface area contributed by atoms with E-state index in [4.69, 9.17) is 0 Å². The number of benzene rings is 1. The normalized spacial score (nSPS) is 10.7. The van der Waals surface area contributed by atoms with Gasteiger partial charge < -0.3 is 4.57 Å². The molecule has 16 heavy (non-hydrogen) atoms. The topological polar surface area (TPSA) is 58.9 Å². The zero-order valence-corrected chi connectivity index (χ0v) is 9.53. The molecule has 5 nitrogen and oxygen atoms in total. The Hall–Kier alpha value is -1.88. The molecular weight excluding hydrogens is 204 g/mol. The largest absolute Gasteiger partial charge is 0.331 e. The lowest BCUT2D eigenvalue weighted by Crippen LogP contribution is -2.34. The van der Waals surface area contributed by atoms with Crippen LogP contribution in [0.4, 0.5) is 0 Å². The van der Waals surface area contributed by atoms with Gasteiger partial charge in [0.25, 0.3) is 5.91 Å². The van der Waals surface area contributed by atoms with Crippen molar-refractivity contribution in [2.75, 3.05) is 7.05 Å². The zero-order chi connectivity index (χ0) is 11.7. The van der Waals surface area contributed by atoms with E-state index in [0.717, 1.165) is 16.9 Å². The Morgan fingerprint density at radius 2 is 2.19 bits per heavy atom. The van der Waals surface area contributed by atoms with Crippen molar-refractivity contribution in [1.29, 1.82) is 0 Å². The first-order valence-electron chi connectivity index (χ1n) is 5.03. The number of aryl methyl sites for hydroxylation is 2. The van der Waals surface area contributed by atoms with Crippen LogP contribution in [0.3, 0.4) is 0 Å². The van der Waals surface area contributed by atoms with Crippen molar-refractivity contribution in [3.05, 3.63) is 29.6 Å². The van der Waals surface area contributed by atoms with Crippen LogP contribution in [0.2, 0.25) is 0 Å². The van der Waals surface area contributed by atoms with Crippen LogP contribution >= 0.6 is 0 Å². The van der Waals surface area contributed by atoms with E-state index < -0.39 is 0 Å². The molecule has 0 atom stereocenters. The van der Waals surface area contributed by atoms with Crippen LogP contribution < -0.4 is 10.9 Å². The second-order valence-electron chi connectivity index (χ2n) is 3.63. The molecule has 84 valence electrons. The van der Waals surface area contributed by atoms with Crippen molar-refractivity contribution in [3.8, 4) is 0 Å². The smallest absolute Gasteiger partial charge is 0.265 e. The molecule has 2 rings (SSSR count). The molecule has 1 aromatic carbocycles. The third-order valence-corrected chi connectivity index (χ3v) is 2.61. The minimum atomic E-state index is -0.160. The number of imidazole rings is 1. The molecule has 0 saturated carbocycles. The standard InChI is InChI=1S/C11H14N4O/c1-7-13-9-6-8(11(16)14-12-2)4-5-10(9)15(7)3/h4-6,12H,1-3H3,(H,14,16). The zero-order valence-electron chi connectivity index (χ0n) is 9.53. The highest BCUT2D eigenvalue weighted by molar-refractivity contribution is 5.97. The summed E-state index contributed by atoms with van der Waals surface area (Å²) in [6.07, 6.45) is 0. The molecule has 0 fully saturated rings. The third-order valence-electron chi connectivity index (χ3n) is 2.61. The summed E-state index contributed by atoms with van der Waals surface area (Å²) in [5, 5.41) is 0. The van der Waals surface area contributed by atoms with Crippen molar-refractivity contribution in [1.82, 2.24) is 20.4 Å². The number of hydrazine groups is 1. The summed E-state index contributed by atoms with van der Waals surface area (Å²) in [6, 6.07) is 5.48. The van der Waals surface area contributed by atoms with E-state index in [1.165, 1.54) is 0 Å². The number of carbonyl (C=O) groups is 1. The predicted octanol–water partition coefficient (Wildman–Crippen LogP) is 0.746. The van der Waals surface area contributed by atoms with Gasteiger partial charge in [0.15, 0.2) is 0 Å². The highest BCUT2D eigenvalue weighted by atomic mass is 16.2. The monoisotopic (exact) mass is 218 g/mol. The maximum atomic E-state index is 11.6. The average Bonchev–Trinajstić information content (AvgIpc) is 2.55. The summed E-state index contributed by atoms with van der Waals surface area (Å²) >= 11 is 0. The summed E-state index contributed by atoms with van der Waals surface area (Å²) in [5.74, 6) is 0.772. The molecular formula is C11H14N4O. The molecule has 0 bridgehead atoms. The molecule has 0 radical (unpaired) electrons. The molecule has 1 aromatic heterocycles. The first-order valence-corrected chi connectivity index (χ1v) is 5.03. The number of amides is 1. The van der Waals surface area contributed by atoms with E-state index in [9.17, 15) is 4.79 Å². The Labute approximate surface area is 93.4 Å². The fourth-order valence-electron chi connectivity index (χ4n) is 1.65. The minimum Gasteiger partial charge on any atom is -0.331 e. The molecule has 2 aromatic rings. The van der Waals surface area contributed by atoms with Crippen LogP contribution in [-0.2, 0) is 7.05 Å². The van der Waals surface area contributed by atoms with Crippen LogP contribution in [0.15, 0.2) is 18.2 Å². The number of aromatic nitrogens is 2. The molecule has 1 amide bonds. The van der Waals surface area contributed by atoms with Gasteiger partial charge in [0, 0.05) is 19.7 Å². The molecule has 0 aliphatic rings. The number of rotatable bonds is 2. The van der Waals surface area contributed by atoms with Gasteiger partial charge in [-0.3, -0.25) is 10.2 Å². The van der Waals surface area contributed by atoms with Gasteiger partial charge in [0.2, 0.25) is 0 Å². The summed E-state index contributed by atoms with van der Waals surface area (Å²) in [4.78, 5) is 16.0. The summed E-state index contributed by atoms with van der Waals surface area (Å²) in [5.41, 5.74) is 7.59. The van der Waals surface area contributed by atoms with Gasteiger partial charge in [-0.15, -0.1) is 0 Å². The fraction of sp³-hybridized carbons (Fsp3) is 0.273. The Kier molecular flexibility index (Phi) is 2.62. The van der Waals surface area contributed by atoms with E-state index in [1.54, 1.807) is 19.2 Å². The molecule has 1 heterocycles. The molecule has 0 aliphatic heterocycles. The lowest BCUT2D eigenvalue weighted by Gasteiger charge is -2.02. The highest BCUT2D eigenvalue weighted by Crippen LogP contribution is 2.16. The lowest BCUT2D eigenvalue weighted by molar-refractivity contribution is 0.0938. The molecule has 2 N–H and O–H groups in total. The van der Waals surface area contributed by atoms with Crippen LogP contribution in [0.5, 0.6) is 0 Å². The first-order chi connectivity index (χ1) is 7.63. The van der Waals surface area contributed by atoms with E-state index in [2.05, 4.69) is 15.8 Å². The molecule has 0 unspecified atom stereocenters. The molecule has 0 aliphatic carbocycles. The first kappa shape index (κ1) is 10.6. The van der Waals surface area contributed by atoms with Gasteiger partial charge >= 0.3 is 0 Å². The number of fused-ring (bicyclic) bond motifs is 1. The van der Waals surface area contributed by atoms with Crippen molar-refractivity contribution >= 4 is 16.9 Å². The molecule has 0 saturated heterocycles. The van der Waals surface area contributed by atoms with Gasteiger partial charge in [-0.05, 0) is 25.1 Å². The van der Waals surface area contributed by atoms with E-state index in [1.807, 2.05) is 24.6 Å². The highest BCUT2D eigenvalue weighted by Gasteiger charge is 2.08. The predicted molar refractivity (Wildman–Crippen MR) is 62.0 cm³/mol. The van der Waals surface area contributed by atoms with Crippen molar-refractivity contribution in [3.63, 3.8) is 0 Å². The third kappa shape index (κ3) is 1.65. The Morgan fingerprint density at radius 1 is 1.44 bits per heavy atom. The number of nitrogens with zero attached hydrogens (tertiary/aromatic N) is 2. The van der Waals surface area contributed by atoms with Gasteiger partial charge in [0.1, 0.15) is 5.82 Å². The van der Waals surface area contributed by atoms with Gasteiger partial charge in [-0.2, -0.15) is 0 Å². The number of hydrogen-bond donors (Lipinski definition) is 2. The van der Waals surface area contributed by atoms with Gasteiger partial charge in [-0.25, -0.2) is 10.4 Å². The second-order valence-corrected chi connectivity index (χ2v) is 3.63. The Balaban J connectivity index is 2.48. The van der Waals surface area contributed by atoms with Crippen molar-refractivity contribution < 1.29 is 4.79 Å². The van der Waals surface area contributed by atoms with E-state index >= 15 is 0 Å². The van der Waals surface area contributed by atoms with Crippen molar-refractivity contribution in [2.24, 2.45) is 7.05 Å². The molecule has 0 spiro atoms. The second kappa shape index (κ2) is 3.94. The maximum Gasteiger partial charge on any atom is 0.265 e. The Bertz CT molecular complexity index is 544. The SMILES string of the molecule is CNNC(=O)c1ccc2c(c1)nc(C)n2C. The average molecular weight is 218 g/mol. The van der Waals surface area contributed by atoms with E-state index in [-0.39, 0.29) is 5.91 Å². The minimum absolute atomic E-state index is 0.160. The lowest BCUT2D eigenvalue weighted by atomic mass is 10.2. The van der Waals surface area contributed by atoms with Crippen LogP contribution in [0.1, 0.15) is 16.2 Å². The summed E-state index contributed by atoms with van der Waals surface area (Å²) < 4.78 is 2.00. The number of hydrogen-bond acceptors (Lipinski definition) is 3. The number of carbonyl (C=O) groups excluding carboxylic acids is 1. The van der Waals surface area contributed by atoms with Crippen LogP contribution in [0.25, 0.3) is 11.0 Å². The Morgan fingerprint density at radius 3 is 2.88 bits per heavy atom. The maximum absolute atomic E-state index is 11.6. The van der Waals surface area contributed by atoms with Crippen LogP contribution in [-0.4, -0.2) is 22.5 Å². The summed E-state index contributed by atoms with van der Waals surface area (Å²) in [7, 11) is 3.61. The number of nitrogens with one attached hydrogen (secondary N) is 2. The quantitative estimate of drug-likeness (QED) is 0.731. The van der Waals surface area contributed by atoms with Crippen molar-refractivity contribution in [2.45, 2.75) is 6.92 Å². The molecule has 5 heteroatoms.